The predicted molar refractivity (Wildman–Crippen MR) is 221 cm³/mol. The number of aliphatic carboxylic acids is 3. The molecule has 22 heteroatoms. The van der Waals surface area contributed by atoms with Crippen molar-refractivity contribution in [2.45, 2.75) is 129 Å². The van der Waals surface area contributed by atoms with E-state index in [0.29, 0.717) is 22.6 Å². The summed E-state index contributed by atoms with van der Waals surface area (Å²) in [6.07, 6.45) is -1.45. The zero-order valence-corrected chi connectivity index (χ0v) is 35.9. The third-order valence-electron chi connectivity index (χ3n) is 8.91. The lowest BCUT2D eigenvalue weighted by atomic mass is 9.84. The highest BCUT2D eigenvalue weighted by Gasteiger charge is 2.38. The first-order chi connectivity index (χ1) is 28.3. The smallest absolute Gasteiger partial charge is 0.479 e. The fourth-order valence-electron chi connectivity index (χ4n) is 5.66. The van der Waals surface area contributed by atoms with Crippen LogP contribution >= 0.6 is 11.6 Å². The zero-order chi connectivity index (χ0) is 46.6. The monoisotopic (exact) mass is 880 g/mol. The highest BCUT2D eigenvalue weighted by atomic mass is 35.5. The molecule has 0 aliphatic carbocycles. The molecule has 0 spiro atoms. The fourth-order valence-corrected chi connectivity index (χ4v) is 5.89. The molecule has 1 aromatic carbocycles. The molecule has 1 aromatic rings. The number of carbonyl (C=O) groups is 9. The summed E-state index contributed by atoms with van der Waals surface area (Å²) in [6, 6.07) is -2.84. The number of amides is 6. The van der Waals surface area contributed by atoms with Crippen molar-refractivity contribution in [3.8, 4) is 0 Å². The van der Waals surface area contributed by atoms with Crippen LogP contribution in [0.3, 0.4) is 0 Å². The number of carboxylic acid groups (broad SMARTS) is 3. The first kappa shape index (κ1) is 53.5. The Morgan fingerprint density at radius 2 is 1.34 bits per heavy atom. The zero-order valence-electron chi connectivity index (χ0n) is 35.2. The van der Waals surface area contributed by atoms with Crippen LogP contribution in [-0.2, 0) is 54.3 Å². The van der Waals surface area contributed by atoms with Gasteiger partial charge >= 0.3 is 25.0 Å². The number of allylic oxidation sites excluding steroid dienone is 1. The highest BCUT2D eigenvalue weighted by Crippen LogP contribution is 2.22. The van der Waals surface area contributed by atoms with Crippen LogP contribution in [0.4, 0.5) is 0 Å². The second-order valence-electron chi connectivity index (χ2n) is 15.8. The number of hydroxylamine groups is 1. The van der Waals surface area contributed by atoms with Gasteiger partial charge in [0.2, 0.25) is 29.5 Å². The van der Waals surface area contributed by atoms with E-state index in [-0.39, 0.29) is 25.1 Å². The molecule has 6 amide bonds. The lowest BCUT2D eigenvalue weighted by Crippen LogP contribution is -2.62. The quantitative estimate of drug-likeness (QED) is 0.0335. The number of rotatable bonds is 27. The molecule has 1 rings (SSSR count). The lowest BCUT2D eigenvalue weighted by Gasteiger charge is -2.33. The van der Waals surface area contributed by atoms with Crippen molar-refractivity contribution < 1.29 is 68.2 Å². The summed E-state index contributed by atoms with van der Waals surface area (Å²) < 4.78 is 5.04. The largest absolute Gasteiger partial charge is 0.481 e. The average molecular weight is 881 g/mol. The molecular weight excluding hydrogens is 823 g/mol. The highest BCUT2D eigenvalue weighted by molar-refractivity contribution is 6.42. The van der Waals surface area contributed by atoms with E-state index in [0.717, 1.165) is 0 Å². The van der Waals surface area contributed by atoms with Crippen molar-refractivity contribution in [3.63, 3.8) is 0 Å². The van der Waals surface area contributed by atoms with Crippen LogP contribution in [0, 0.1) is 18.3 Å². The predicted octanol–water partition coefficient (Wildman–Crippen LogP) is 1.02. The Bertz CT molecular complexity index is 1760. The molecule has 61 heavy (non-hydrogen) atoms. The molecule has 0 heterocycles. The van der Waals surface area contributed by atoms with Crippen molar-refractivity contribution >= 4 is 72.1 Å². The SMILES string of the molecule is C=CCCB(O)ONC(=O)C(CC(C)C)NC(=O)[C@@H](NC(=O)[C@H](Cc1ccc(Cl)cc1C)NC(=O)[C@H](CCC(=O)O)NC(=O)[C@H](CC(=O)O)NC(=O)CCC(=O)O)C(C)(C)C. The number of benzene rings is 1. The molecule has 0 radical (unpaired) electrons. The number of halogens is 1. The molecule has 0 bridgehead atoms. The molecule has 1 unspecified atom stereocenters. The van der Waals surface area contributed by atoms with Crippen LogP contribution in [0.5, 0.6) is 0 Å². The van der Waals surface area contributed by atoms with Crippen molar-refractivity contribution in [3.05, 3.63) is 47.0 Å². The number of carbonyl (C=O) groups excluding carboxylic acids is 6. The van der Waals surface area contributed by atoms with Crippen molar-refractivity contribution in [1.82, 2.24) is 32.1 Å². The number of nitrogens with one attached hydrogen (secondary N) is 6. The van der Waals surface area contributed by atoms with Crippen LogP contribution < -0.4 is 32.1 Å². The van der Waals surface area contributed by atoms with Gasteiger partial charge in [-0.05, 0) is 67.1 Å². The van der Waals surface area contributed by atoms with Crippen LogP contribution in [-0.4, -0.2) is 111 Å². The Balaban J connectivity index is 3.55. The van der Waals surface area contributed by atoms with Gasteiger partial charge in [-0.25, -0.2) is 5.48 Å². The second-order valence-corrected chi connectivity index (χ2v) is 16.3. The van der Waals surface area contributed by atoms with Gasteiger partial charge in [0, 0.05) is 24.3 Å². The van der Waals surface area contributed by atoms with Crippen molar-refractivity contribution in [1.29, 1.82) is 0 Å². The first-order valence-corrected chi connectivity index (χ1v) is 19.9. The Kier molecular flexibility index (Phi) is 22.7. The van der Waals surface area contributed by atoms with E-state index >= 15 is 0 Å². The first-order valence-electron chi connectivity index (χ1n) is 19.5. The molecule has 338 valence electrons. The van der Waals surface area contributed by atoms with Gasteiger partial charge in [-0.3, -0.25) is 47.9 Å². The summed E-state index contributed by atoms with van der Waals surface area (Å²) in [4.78, 5) is 115. The second kappa shape index (κ2) is 25.9. The van der Waals surface area contributed by atoms with E-state index in [4.69, 9.17) is 21.5 Å². The van der Waals surface area contributed by atoms with Gasteiger partial charge in [0.25, 0.3) is 5.91 Å². The van der Waals surface area contributed by atoms with E-state index in [2.05, 4.69) is 38.6 Å². The van der Waals surface area contributed by atoms with E-state index in [1.54, 1.807) is 59.8 Å². The molecule has 0 fully saturated rings. The van der Waals surface area contributed by atoms with Crippen molar-refractivity contribution in [2.75, 3.05) is 0 Å². The summed E-state index contributed by atoms with van der Waals surface area (Å²) in [5.74, 6) is -10.1. The lowest BCUT2D eigenvalue weighted by molar-refractivity contribution is -0.142. The minimum absolute atomic E-state index is 0.117. The molecule has 0 saturated heterocycles. The molecule has 20 nitrogen and oxygen atoms in total. The Morgan fingerprint density at radius 3 is 1.89 bits per heavy atom. The molecule has 10 N–H and O–H groups in total. The Labute approximate surface area is 359 Å². The maximum Gasteiger partial charge on any atom is 0.479 e. The van der Waals surface area contributed by atoms with E-state index in [9.17, 15) is 58.4 Å². The summed E-state index contributed by atoms with van der Waals surface area (Å²) in [5.41, 5.74) is 2.25. The normalized spacial score (nSPS) is 13.6. The molecular formula is C39H58BClN6O14. The number of hydrogen-bond acceptors (Lipinski definition) is 11. The van der Waals surface area contributed by atoms with Gasteiger partial charge in [-0.2, -0.15) is 0 Å². The van der Waals surface area contributed by atoms with Gasteiger partial charge in [0.15, 0.2) is 0 Å². The topological polar surface area (TPSA) is 316 Å². The Hall–Kier alpha value is -5.54. The molecule has 0 aromatic heterocycles. The standard InChI is InChI=1S/C39H58BClN6O14/c1-8-9-16-40(60)61-47-37(58)26(17-21(2)3)45-38(59)33(39(5,6)7)46-36(57)27(19-23-10-11-24(41)18-22(23)4)44-34(55)25(12-14-30(49)50)43-35(56)28(20-32(53)54)42-29(48)13-15-31(51)52/h8,10-11,18,21,25-28,33,60H,1,9,12-17,19-20H2,2-7H3,(H,42,48)(H,43,56)(H,44,55)(H,45,59)(H,46,57)(H,47,58)(H,49,50)(H,51,52)(H,53,54)/t25-,26?,27-,28-,33+/m0/s1. The third kappa shape index (κ3) is 21.0. The van der Waals surface area contributed by atoms with Crippen LogP contribution in [0.1, 0.15) is 90.7 Å². The van der Waals surface area contributed by atoms with Gasteiger partial charge in [-0.15, -0.1) is 6.58 Å². The minimum atomic E-state index is -1.81. The molecule has 0 aliphatic heterocycles. The van der Waals surface area contributed by atoms with E-state index in [1.807, 2.05) is 0 Å². The summed E-state index contributed by atoms with van der Waals surface area (Å²) in [5, 5.41) is 50.2. The summed E-state index contributed by atoms with van der Waals surface area (Å²) in [7, 11) is -1.35. The van der Waals surface area contributed by atoms with E-state index in [1.165, 1.54) is 6.07 Å². The molecule has 5 atom stereocenters. The fraction of sp³-hybridized carbons (Fsp3) is 0.564. The van der Waals surface area contributed by atoms with Gasteiger partial charge < -0.3 is 46.9 Å². The molecule has 0 saturated carbocycles. The van der Waals surface area contributed by atoms with Crippen LogP contribution in [0.2, 0.25) is 11.3 Å². The Morgan fingerprint density at radius 1 is 0.770 bits per heavy atom. The number of hydrogen-bond donors (Lipinski definition) is 10. The summed E-state index contributed by atoms with van der Waals surface area (Å²) in [6.45, 7) is 13.8. The maximum atomic E-state index is 14.3. The average Bonchev–Trinajstić information content (AvgIpc) is 3.14. The summed E-state index contributed by atoms with van der Waals surface area (Å²) >= 11 is 6.15. The number of aryl methyl sites for hydroxylation is 1. The number of carboxylic acids is 3. The van der Waals surface area contributed by atoms with E-state index < -0.39 is 128 Å². The maximum absolute atomic E-state index is 14.3. The van der Waals surface area contributed by atoms with Crippen LogP contribution in [0.25, 0.3) is 0 Å². The van der Waals surface area contributed by atoms with Gasteiger partial charge in [0.05, 0.1) is 12.8 Å². The third-order valence-corrected chi connectivity index (χ3v) is 9.14. The minimum Gasteiger partial charge on any atom is -0.481 e. The van der Waals surface area contributed by atoms with Gasteiger partial charge in [0.1, 0.15) is 30.2 Å². The molecule has 0 aliphatic rings. The van der Waals surface area contributed by atoms with Crippen LogP contribution in [0.15, 0.2) is 30.9 Å². The van der Waals surface area contributed by atoms with Gasteiger partial charge in [-0.1, -0.05) is 58.4 Å². The van der Waals surface area contributed by atoms with Crippen molar-refractivity contribution in [2.24, 2.45) is 11.3 Å².